The molecule has 0 fully saturated rings. The van der Waals surface area contributed by atoms with Crippen LogP contribution in [0.5, 0.6) is 5.75 Å². The lowest BCUT2D eigenvalue weighted by Crippen LogP contribution is -2.17. The average Bonchev–Trinajstić information content (AvgIpc) is 2.31. The first-order chi connectivity index (χ1) is 7.77. The monoisotopic (exact) mass is 217 g/mol. The molecule has 0 aromatic heterocycles. The minimum absolute atomic E-state index is 0.0174. The van der Waals surface area contributed by atoms with Crippen LogP contribution in [0.2, 0.25) is 0 Å². The topological polar surface area (TPSA) is 35.2 Å². The van der Waals surface area contributed by atoms with Crippen molar-refractivity contribution >= 4 is 0 Å². The van der Waals surface area contributed by atoms with Crippen molar-refractivity contribution in [2.75, 3.05) is 0 Å². The number of nitrogens with two attached hydrogens (primary N) is 1. The molecule has 1 unspecified atom stereocenters. The molecule has 2 nitrogen and oxygen atoms in total. The lowest BCUT2D eigenvalue weighted by Gasteiger charge is -2.21. The highest BCUT2D eigenvalue weighted by atomic mass is 16.5. The molecule has 0 spiro atoms. The second-order valence-electron chi connectivity index (χ2n) is 4.34. The van der Waals surface area contributed by atoms with Crippen molar-refractivity contribution in [2.24, 2.45) is 5.73 Å². The second kappa shape index (κ2) is 5.17. The predicted molar refractivity (Wildman–Crippen MR) is 66.5 cm³/mol. The van der Waals surface area contributed by atoms with Gasteiger partial charge in [-0.15, -0.1) is 0 Å². The Hall–Kier alpha value is -1.28. The van der Waals surface area contributed by atoms with E-state index in [-0.39, 0.29) is 12.1 Å². The maximum Gasteiger partial charge on any atom is 0.124 e. The number of rotatable bonds is 3. The van der Waals surface area contributed by atoms with Crippen LogP contribution in [0, 0.1) is 0 Å². The minimum Gasteiger partial charge on any atom is -0.486 e. The number of ether oxygens (including phenoxy) is 1. The number of allylic oxidation sites excluding steroid dienone is 1. The molecule has 1 aliphatic rings. The molecule has 86 valence electrons. The number of hydrogen-bond acceptors (Lipinski definition) is 2. The van der Waals surface area contributed by atoms with Gasteiger partial charge in [-0.25, -0.2) is 0 Å². The van der Waals surface area contributed by atoms with E-state index in [2.05, 4.69) is 12.2 Å². The molecule has 0 saturated heterocycles. The average molecular weight is 217 g/mol. The molecule has 2 rings (SSSR count). The van der Waals surface area contributed by atoms with E-state index < -0.39 is 0 Å². The van der Waals surface area contributed by atoms with E-state index in [0.717, 1.165) is 17.7 Å². The summed E-state index contributed by atoms with van der Waals surface area (Å²) in [5, 5.41) is 0. The van der Waals surface area contributed by atoms with Crippen LogP contribution < -0.4 is 10.5 Å². The van der Waals surface area contributed by atoms with Gasteiger partial charge in [0.25, 0.3) is 0 Å². The zero-order valence-corrected chi connectivity index (χ0v) is 9.73. The third kappa shape index (κ3) is 2.64. The summed E-state index contributed by atoms with van der Waals surface area (Å²) in [7, 11) is 0. The van der Waals surface area contributed by atoms with Gasteiger partial charge in [-0.1, -0.05) is 24.3 Å². The fraction of sp³-hybridized carbons (Fsp3) is 0.429. The summed E-state index contributed by atoms with van der Waals surface area (Å²) in [5.74, 6) is 0.925. The van der Waals surface area contributed by atoms with Crippen LogP contribution >= 0.6 is 0 Å². The highest BCUT2D eigenvalue weighted by Gasteiger charge is 2.13. The summed E-state index contributed by atoms with van der Waals surface area (Å²) in [4.78, 5) is 0. The van der Waals surface area contributed by atoms with Crippen molar-refractivity contribution in [1.82, 2.24) is 0 Å². The Labute approximate surface area is 97.1 Å². The third-order valence-electron chi connectivity index (χ3n) is 2.90. The zero-order chi connectivity index (χ0) is 11.4. The Kier molecular flexibility index (Phi) is 3.62. The molecular formula is C14H19NO. The Balaban J connectivity index is 2.13. The molecule has 2 atom stereocenters. The summed E-state index contributed by atoms with van der Waals surface area (Å²) < 4.78 is 5.98. The van der Waals surface area contributed by atoms with Gasteiger partial charge >= 0.3 is 0 Å². The Bertz CT molecular complexity index is 371. The summed E-state index contributed by atoms with van der Waals surface area (Å²) in [6.45, 7) is 1.99. The molecule has 2 heteroatoms. The van der Waals surface area contributed by atoms with Gasteiger partial charge in [0.2, 0.25) is 0 Å². The van der Waals surface area contributed by atoms with Gasteiger partial charge in [0.1, 0.15) is 11.9 Å². The van der Waals surface area contributed by atoms with E-state index in [1.165, 1.54) is 12.8 Å². The molecule has 0 radical (unpaired) electrons. The molecule has 16 heavy (non-hydrogen) atoms. The third-order valence-corrected chi connectivity index (χ3v) is 2.90. The number of para-hydroxylation sites is 1. The van der Waals surface area contributed by atoms with Gasteiger partial charge in [-0.3, -0.25) is 0 Å². The second-order valence-corrected chi connectivity index (χ2v) is 4.34. The normalized spacial score (nSPS) is 21.8. The fourth-order valence-corrected chi connectivity index (χ4v) is 2.01. The van der Waals surface area contributed by atoms with Crippen LogP contribution in [0.4, 0.5) is 0 Å². The highest BCUT2D eigenvalue weighted by molar-refractivity contribution is 5.35. The smallest absolute Gasteiger partial charge is 0.124 e. The molecule has 1 aromatic rings. The first-order valence-electron chi connectivity index (χ1n) is 5.95. The number of hydrogen-bond donors (Lipinski definition) is 1. The number of benzene rings is 1. The van der Waals surface area contributed by atoms with Crippen molar-refractivity contribution in [3.05, 3.63) is 42.0 Å². The van der Waals surface area contributed by atoms with Crippen molar-refractivity contribution in [3.63, 3.8) is 0 Å². The maximum absolute atomic E-state index is 5.98. The summed E-state index contributed by atoms with van der Waals surface area (Å²) in [6.07, 6.45) is 8.05. The fourth-order valence-electron chi connectivity index (χ4n) is 2.01. The Morgan fingerprint density at radius 2 is 2.19 bits per heavy atom. The standard InChI is InChI=1S/C14H19NO/c1-11(15)13-9-5-6-10-14(13)16-12-7-3-2-4-8-12/h3,5-7,9-12H,2,4,8,15H2,1H3/t11-,12?/m1/s1. The van der Waals surface area contributed by atoms with Gasteiger partial charge in [-0.2, -0.15) is 0 Å². The van der Waals surface area contributed by atoms with Gasteiger partial charge in [0.05, 0.1) is 0 Å². The van der Waals surface area contributed by atoms with Crippen molar-refractivity contribution < 1.29 is 4.74 Å². The molecule has 1 aliphatic carbocycles. The van der Waals surface area contributed by atoms with Gasteiger partial charge in [0, 0.05) is 11.6 Å². The Morgan fingerprint density at radius 3 is 2.88 bits per heavy atom. The summed E-state index contributed by atoms with van der Waals surface area (Å²) in [6, 6.07) is 8.05. The maximum atomic E-state index is 5.98. The lowest BCUT2D eigenvalue weighted by atomic mass is 10.0. The lowest BCUT2D eigenvalue weighted by molar-refractivity contribution is 0.227. The van der Waals surface area contributed by atoms with E-state index in [4.69, 9.17) is 10.5 Å². The van der Waals surface area contributed by atoms with Crippen LogP contribution in [-0.2, 0) is 0 Å². The highest BCUT2D eigenvalue weighted by Crippen LogP contribution is 2.26. The minimum atomic E-state index is 0.0174. The van der Waals surface area contributed by atoms with Gasteiger partial charge in [0.15, 0.2) is 0 Å². The molecular weight excluding hydrogens is 198 g/mol. The van der Waals surface area contributed by atoms with Crippen LogP contribution in [0.25, 0.3) is 0 Å². The molecule has 0 amide bonds. The van der Waals surface area contributed by atoms with E-state index >= 15 is 0 Å². The van der Waals surface area contributed by atoms with Crippen molar-refractivity contribution in [2.45, 2.75) is 38.3 Å². The molecule has 0 heterocycles. The van der Waals surface area contributed by atoms with E-state index in [1.54, 1.807) is 0 Å². The first kappa shape index (κ1) is 11.2. The summed E-state index contributed by atoms with van der Waals surface area (Å²) in [5.41, 5.74) is 7.01. The van der Waals surface area contributed by atoms with Crippen LogP contribution in [0.3, 0.4) is 0 Å². The largest absolute Gasteiger partial charge is 0.486 e. The molecule has 2 N–H and O–H groups in total. The first-order valence-corrected chi connectivity index (χ1v) is 5.95. The van der Waals surface area contributed by atoms with Crippen molar-refractivity contribution in [3.8, 4) is 5.75 Å². The van der Waals surface area contributed by atoms with Gasteiger partial charge < -0.3 is 10.5 Å². The van der Waals surface area contributed by atoms with E-state index in [9.17, 15) is 0 Å². The summed E-state index contributed by atoms with van der Waals surface area (Å²) >= 11 is 0. The Morgan fingerprint density at radius 1 is 1.38 bits per heavy atom. The van der Waals surface area contributed by atoms with Crippen molar-refractivity contribution in [1.29, 1.82) is 0 Å². The van der Waals surface area contributed by atoms with Crippen LogP contribution in [0.1, 0.15) is 37.8 Å². The van der Waals surface area contributed by atoms with Crippen LogP contribution in [0.15, 0.2) is 36.4 Å². The molecule has 0 bridgehead atoms. The van der Waals surface area contributed by atoms with Gasteiger partial charge in [-0.05, 0) is 38.3 Å². The molecule has 0 aliphatic heterocycles. The molecule has 1 aromatic carbocycles. The SMILES string of the molecule is C[C@@H](N)c1ccccc1OC1C=CCCC1. The quantitative estimate of drug-likeness (QED) is 0.789. The molecule has 0 saturated carbocycles. The van der Waals surface area contributed by atoms with Crippen LogP contribution in [-0.4, -0.2) is 6.10 Å². The van der Waals surface area contributed by atoms with E-state index in [0.29, 0.717) is 0 Å². The van der Waals surface area contributed by atoms with E-state index in [1.807, 2.05) is 31.2 Å². The predicted octanol–water partition coefficient (Wildman–Crippen LogP) is 3.19. The zero-order valence-electron chi connectivity index (χ0n) is 9.73.